The van der Waals surface area contributed by atoms with Crippen LogP contribution in [0.2, 0.25) is 0 Å². The first-order valence-corrected chi connectivity index (χ1v) is 9.52. The van der Waals surface area contributed by atoms with E-state index >= 15 is 0 Å². The second-order valence-corrected chi connectivity index (χ2v) is 7.12. The molecule has 4 nitrogen and oxygen atoms in total. The number of likely N-dealkylation sites (tertiary alicyclic amines) is 2. The Hall–Kier alpha value is -1.39. The summed E-state index contributed by atoms with van der Waals surface area (Å²) in [6, 6.07) is 9.37. The number of rotatable bonds is 6. The molecule has 0 unspecified atom stereocenters. The van der Waals surface area contributed by atoms with Gasteiger partial charge in [0.15, 0.2) is 0 Å². The van der Waals surface area contributed by atoms with Gasteiger partial charge in [0.05, 0.1) is 5.56 Å². The molecule has 0 atom stereocenters. The molecule has 2 aliphatic heterocycles. The minimum atomic E-state index is -0.186. The summed E-state index contributed by atoms with van der Waals surface area (Å²) in [6.45, 7) is 6.29. The van der Waals surface area contributed by atoms with Crippen LogP contribution >= 0.6 is 0 Å². The predicted octanol–water partition coefficient (Wildman–Crippen LogP) is 3.18. The number of hydrogen-bond donors (Lipinski definition) is 0. The Bertz CT molecular complexity index is 474. The van der Waals surface area contributed by atoms with Crippen LogP contribution in [-0.2, 0) is 4.74 Å². The third kappa shape index (κ3) is 5.32. The molecule has 3 rings (SSSR count). The molecule has 0 N–H and O–H groups in total. The molecule has 2 aliphatic rings. The first kappa shape index (κ1) is 17.4. The monoisotopic (exact) mass is 330 g/mol. The Morgan fingerprint density at radius 1 is 0.833 bits per heavy atom. The Kier molecular flexibility index (Phi) is 6.67. The van der Waals surface area contributed by atoms with Gasteiger partial charge in [-0.2, -0.15) is 0 Å². The largest absolute Gasteiger partial charge is 0.456 e. The van der Waals surface area contributed by atoms with Crippen molar-refractivity contribution < 1.29 is 9.53 Å². The van der Waals surface area contributed by atoms with E-state index < -0.39 is 0 Å². The van der Waals surface area contributed by atoms with Gasteiger partial charge in [0, 0.05) is 13.1 Å². The normalized spacial score (nSPS) is 20.2. The Labute approximate surface area is 145 Å². The molecule has 2 saturated heterocycles. The lowest BCUT2D eigenvalue weighted by molar-refractivity contribution is 0.00520. The van der Waals surface area contributed by atoms with Crippen LogP contribution in [0.15, 0.2) is 30.3 Å². The van der Waals surface area contributed by atoms with Crippen molar-refractivity contribution in [2.45, 2.75) is 44.6 Å². The lowest BCUT2D eigenvalue weighted by atomic mass is 10.1. The van der Waals surface area contributed by atoms with Crippen molar-refractivity contribution in [1.82, 2.24) is 9.80 Å². The molecule has 0 radical (unpaired) electrons. The van der Waals surface area contributed by atoms with Crippen molar-refractivity contribution in [1.29, 1.82) is 0 Å². The van der Waals surface area contributed by atoms with Crippen molar-refractivity contribution in [2.24, 2.45) is 0 Å². The summed E-state index contributed by atoms with van der Waals surface area (Å²) in [4.78, 5) is 17.4. The maximum atomic E-state index is 12.5. The summed E-state index contributed by atoms with van der Waals surface area (Å²) in [5, 5.41) is 0. The quantitative estimate of drug-likeness (QED) is 0.750. The number of nitrogens with zero attached hydrogens (tertiary/aromatic N) is 2. The van der Waals surface area contributed by atoms with Gasteiger partial charge in [-0.1, -0.05) is 31.0 Å². The van der Waals surface area contributed by atoms with Gasteiger partial charge < -0.3 is 4.74 Å². The third-order valence-electron chi connectivity index (χ3n) is 5.10. The first-order valence-electron chi connectivity index (χ1n) is 9.52. The standard InChI is InChI=1S/C20H30N2O2/c23-20(18-10-4-1-5-11-18)24-19(16-21-12-6-2-7-13-21)17-22-14-8-3-9-15-22/h1,4-5,10-11,19H,2-3,6-9,12-17H2. The minimum Gasteiger partial charge on any atom is -0.456 e. The van der Waals surface area contributed by atoms with Gasteiger partial charge in [-0.25, -0.2) is 4.79 Å². The SMILES string of the molecule is O=C(OC(CN1CCCCC1)CN1CCCCC1)c1ccccc1. The van der Waals surface area contributed by atoms with Gasteiger partial charge in [0.25, 0.3) is 0 Å². The molecule has 0 aromatic heterocycles. The van der Waals surface area contributed by atoms with Crippen molar-refractivity contribution in [2.75, 3.05) is 39.3 Å². The molecule has 0 bridgehead atoms. The molecule has 1 aromatic rings. The van der Waals surface area contributed by atoms with Crippen LogP contribution in [0.25, 0.3) is 0 Å². The third-order valence-corrected chi connectivity index (χ3v) is 5.10. The van der Waals surface area contributed by atoms with E-state index in [9.17, 15) is 4.79 Å². The van der Waals surface area contributed by atoms with E-state index in [1.165, 1.54) is 38.5 Å². The van der Waals surface area contributed by atoms with Crippen molar-refractivity contribution in [3.05, 3.63) is 35.9 Å². The zero-order valence-electron chi connectivity index (χ0n) is 14.7. The highest BCUT2D eigenvalue weighted by Gasteiger charge is 2.24. The second-order valence-electron chi connectivity index (χ2n) is 7.12. The molecule has 0 saturated carbocycles. The highest BCUT2D eigenvalue weighted by atomic mass is 16.5. The van der Waals surface area contributed by atoms with Crippen molar-refractivity contribution in [3.63, 3.8) is 0 Å². The van der Waals surface area contributed by atoms with Crippen LogP contribution in [0.1, 0.15) is 48.9 Å². The molecule has 4 heteroatoms. The van der Waals surface area contributed by atoms with E-state index in [1.807, 2.05) is 30.3 Å². The van der Waals surface area contributed by atoms with E-state index in [-0.39, 0.29) is 12.1 Å². The van der Waals surface area contributed by atoms with Gasteiger partial charge in [0.2, 0.25) is 0 Å². The molecule has 132 valence electrons. The molecule has 24 heavy (non-hydrogen) atoms. The number of hydrogen-bond acceptors (Lipinski definition) is 4. The summed E-state index contributed by atoms with van der Waals surface area (Å²) in [6.07, 6.45) is 7.70. The number of carbonyl (C=O) groups excluding carboxylic acids is 1. The number of benzene rings is 1. The smallest absolute Gasteiger partial charge is 0.338 e. The molecule has 0 aliphatic carbocycles. The molecule has 2 fully saturated rings. The van der Waals surface area contributed by atoms with Crippen molar-refractivity contribution in [3.8, 4) is 0 Å². The Balaban J connectivity index is 1.60. The second kappa shape index (κ2) is 9.19. The average Bonchev–Trinajstić information content (AvgIpc) is 2.64. The summed E-state index contributed by atoms with van der Waals surface area (Å²) in [5.41, 5.74) is 0.653. The van der Waals surface area contributed by atoms with E-state index in [0.29, 0.717) is 5.56 Å². The number of ether oxygens (including phenoxy) is 1. The Morgan fingerprint density at radius 2 is 1.33 bits per heavy atom. The van der Waals surface area contributed by atoms with E-state index in [2.05, 4.69) is 9.80 Å². The van der Waals surface area contributed by atoms with Gasteiger partial charge in [-0.05, 0) is 64.0 Å². The van der Waals surface area contributed by atoms with Crippen molar-refractivity contribution >= 4 is 5.97 Å². The fourth-order valence-electron chi connectivity index (χ4n) is 3.79. The Morgan fingerprint density at radius 3 is 1.83 bits per heavy atom. The fraction of sp³-hybridized carbons (Fsp3) is 0.650. The fourth-order valence-corrected chi connectivity index (χ4v) is 3.79. The zero-order chi connectivity index (χ0) is 16.6. The maximum Gasteiger partial charge on any atom is 0.338 e. The lowest BCUT2D eigenvalue weighted by Gasteiger charge is -2.34. The molecular formula is C20H30N2O2. The van der Waals surface area contributed by atoms with Crippen LogP contribution in [0.5, 0.6) is 0 Å². The van der Waals surface area contributed by atoms with Gasteiger partial charge >= 0.3 is 5.97 Å². The van der Waals surface area contributed by atoms with E-state index in [0.717, 1.165) is 39.3 Å². The van der Waals surface area contributed by atoms with Gasteiger partial charge in [-0.15, -0.1) is 0 Å². The number of esters is 1. The average molecular weight is 330 g/mol. The van der Waals surface area contributed by atoms with Crippen LogP contribution in [0.3, 0.4) is 0 Å². The number of piperidine rings is 2. The van der Waals surface area contributed by atoms with Crippen LogP contribution in [0.4, 0.5) is 0 Å². The molecule has 1 aromatic carbocycles. The highest BCUT2D eigenvalue weighted by Crippen LogP contribution is 2.15. The van der Waals surface area contributed by atoms with Gasteiger partial charge in [-0.3, -0.25) is 9.80 Å². The number of carbonyl (C=O) groups is 1. The van der Waals surface area contributed by atoms with Crippen LogP contribution in [0, 0.1) is 0 Å². The maximum absolute atomic E-state index is 12.5. The predicted molar refractivity (Wildman–Crippen MR) is 96.2 cm³/mol. The summed E-state index contributed by atoms with van der Waals surface area (Å²) >= 11 is 0. The van der Waals surface area contributed by atoms with Crippen LogP contribution < -0.4 is 0 Å². The molecule has 0 amide bonds. The molecular weight excluding hydrogens is 300 g/mol. The van der Waals surface area contributed by atoms with Gasteiger partial charge in [0.1, 0.15) is 6.10 Å². The first-order chi connectivity index (χ1) is 11.8. The topological polar surface area (TPSA) is 32.8 Å². The minimum absolute atomic E-state index is 0.0334. The highest BCUT2D eigenvalue weighted by molar-refractivity contribution is 5.89. The van der Waals surface area contributed by atoms with Crippen LogP contribution in [-0.4, -0.2) is 61.1 Å². The summed E-state index contributed by atoms with van der Waals surface area (Å²) in [5.74, 6) is -0.186. The molecule has 2 heterocycles. The summed E-state index contributed by atoms with van der Waals surface area (Å²) in [7, 11) is 0. The zero-order valence-corrected chi connectivity index (χ0v) is 14.7. The van der Waals surface area contributed by atoms with E-state index in [1.54, 1.807) is 0 Å². The molecule has 0 spiro atoms. The van der Waals surface area contributed by atoms with E-state index in [4.69, 9.17) is 4.74 Å². The lowest BCUT2D eigenvalue weighted by Crippen LogP contribution is -2.45. The summed E-state index contributed by atoms with van der Waals surface area (Å²) < 4.78 is 5.92.